The normalized spacial score (nSPS) is 13.1. The molecule has 0 aliphatic heterocycles. The second-order valence-corrected chi connectivity index (χ2v) is 9.97. The van der Waals surface area contributed by atoms with E-state index < -0.39 is 10.8 Å². The van der Waals surface area contributed by atoms with E-state index in [1.54, 1.807) is 11.8 Å². The second kappa shape index (κ2) is 7.12. The summed E-state index contributed by atoms with van der Waals surface area (Å²) >= 11 is 1.77. The highest BCUT2D eigenvalue weighted by Gasteiger charge is 2.23. The standard InChI is InChI=1S/C21H22OS2/c1-21(2,3)24(22)20-14-7-6-13-19(20)23-15-17-11-8-10-16-9-4-5-12-18(16)17/h4-14H,15H2,1-3H3. The fraction of sp³-hybridized carbons (Fsp3) is 0.238. The van der Waals surface area contributed by atoms with E-state index in [0.717, 1.165) is 15.5 Å². The summed E-state index contributed by atoms with van der Waals surface area (Å²) in [7, 11) is -1.02. The number of fused-ring (bicyclic) bond motifs is 1. The third-order valence-corrected chi connectivity index (χ3v) is 6.99. The Morgan fingerprint density at radius 1 is 0.875 bits per heavy atom. The Balaban J connectivity index is 1.89. The maximum atomic E-state index is 12.8. The van der Waals surface area contributed by atoms with Gasteiger partial charge >= 0.3 is 0 Å². The average Bonchev–Trinajstić information content (AvgIpc) is 2.58. The van der Waals surface area contributed by atoms with Crippen LogP contribution in [-0.2, 0) is 16.6 Å². The fourth-order valence-electron chi connectivity index (χ4n) is 2.63. The summed E-state index contributed by atoms with van der Waals surface area (Å²) in [6.45, 7) is 6.07. The second-order valence-electron chi connectivity index (χ2n) is 6.75. The van der Waals surface area contributed by atoms with E-state index in [2.05, 4.69) is 48.5 Å². The van der Waals surface area contributed by atoms with E-state index in [1.165, 1.54) is 16.3 Å². The Kier molecular flexibility index (Phi) is 5.12. The molecule has 1 atom stereocenters. The summed E-state index contributed by atoms with van der Waals surface area (Å²) in [5.41, 5.74) is 1.31. The van der Waals surface area contributed by atoms with Crippen LogP contribution in [-0.4, -0.2) is 8.96 Å². The monoisotopic (exact) mass is 354 g/mol. The van der Waals surface area contributed by atoms with Gasteiger partial charge in [0.05, 0.1) is 15.7 Å². The zero-order valence-electron chi connectivity index (χ0n) is 14.3. The first-order valence-electron chi connectivity index (χ1n) is 8.07. The first kappa shape index (κ1) is 17.2. The van der Waals surface area contributed by atoms with E-state index in [1.807, 2.05) is 39.0 Å². The molecule has 3 heteroatoms. The van der Waals surface area contributed by atoms with Gasteiger partial charge in [-0.1, -0.05) is 54.6 Å². The predicted octanol–water partition coefficient (Wildman–Crippen LogP) is 6.04. The Morgan fingerprint density at radius 3 is 2.33 bits per heavy atom. The number of benzene rings is 3. The van der Waals surface area contributed by atoms with Gasteiger partial charge in [-0.2, -0.15) is 0 Å². The molecule has 3 aromatic rings. The Morgan fingerprint density at radius 2 is 1.54 bits per heavy atom. The van der Waals surface area contributed by atoms with Crippen molar-refractivity contribution in [3.8, 4) is 0 Å². The van der Waals surface area contributed by atoms with E-state index >= 15 is 0 Å². The van der Waals surface area contributed by atoms with Crippen molar-refractivity contribution in [2.24, 2.45) is 0 Å². The van der Waals surface area contributed by atoms with Crippen molar-refractivity contribution in [3.63, 3.8) is 0 Å². The number of thioether (sulfide) groups is 1. The van der Waals surface area contributed by atoms with Crippen molar-refractivity contribution in [2.75, 3.05) is 0 Å². The molecule has 0 heterocycles. The van der Waals surface area contributed by atoms with Crippen molar-refractivity contribution in [2.45, 2.75) is 41.1 Å². The molecule has 1 nitrogen and oxygen atoms in total. The zero-order valence-corrected chi connectivity index (χ0v) is 15.9. The van der Waals surface area contributed by atoms with Crippen molar-refractivity contribution in [1.29, 1.82) is 0 Å². The lowest BCUT2D eigenvalue weighted by molar-refractivity contribution is 0.647. The van der Waals surface area contributed by atoms with E-state index in [0.29, 0.717) is 0 Å². The molecular formula is C21H22OS2. The summed E-state index contributed by atoms with van der Waals surface area (Å²) < 4.78 is 12.6. The largest absolute Gasteiger partial charge is 0.254 e. The smallest absolute Gasteiger partial charge is 0.0595 e. The van der Waals surface area contributed by atoms with Gasteiger partial charge in [-0.25, -0.2) is 0 Å². The van der Waals surface area contributed by atoms with Gasteiger partial charge in [-0.05, 0) is 49.2 Å². The van der Waals surface area contributed by atoms with Crippen LogP contribution in [0.4, 0.5) is 0 Å². The summed E-state index contributed by atoms with van der Waals surface area (Å²) in [4.78, 5) is 2.05. The van der Waals surface area contributed by atoms with Crippen molar-refractivity contribution in [1.82, 2.24) is 0 Å². The van der Waals surface area contributed by atoms with Crippen molar-refractivity contribution < 1.29 is 4.21 Å². The van der Waals surface area contributed by atoms with Gasteiger partial charge in [-0.3, -0.25) is 4.21 Å². The lowest BCUT2D eigenvalue weighted by Gasteiger charge is -2.20. The van der Waals surface area contributed by atoms with Crippen LogP contribution in [0.15, 0.2) is 76.5 Å². The molecule has 24 heavy (non-hydrogen) atoms. The van der Waals surface area contributed by atoms with Crippen molar-refractivity contribution >= 4 is 33.3 Å². The van der Waals surface area contributed by atoms with Gasteiger partial charge in [0.15, 0.2) is 0 Å². The minimum absolute atomic E-state index is 0.254. The van der Waals surface area contributed by atoms with Crippen molar-refractivity contribution in [3.05, 3.63) is 72.3 Å². The van der Waals surface area contributed by atoms with Gasteiger partial charge in [0.25, 0.3) is 0 Å². The molecule has 1 unspecified atom stereocenters. The first-order chi connectivity index (χ1) is 11.5. The summed E-state index contributed by atoms with van der Waals surface area (Å²) in [6, 6.07) is 23.0. The SMILES string of the molecule is CC(C)(C)S(=O)c1ccccc1SCc1cccc2ccccc12. The quantitative estimate of drug-likeness (QED) is 0.531. The fourth-order valence-corrected chi connectivity index (χ4v) is 5.09. The molecule has 0 aliphatic carbocycles. The van der Waals surface area contributed by atoms with Gasteiger partial charge in [0.1, 0.15) is 0 Å². The average molecular weight is 355 g/mol. The van der Waals surface area contributed by atoms with Crippen LogP contribution < -0.4 is 0 Å². The topological polar surface area (TPSA) is 17.1 Å². The van der Waals surface area contributed by atoms with Crippen LogP contribution in [0.1, 0.15) is 26.3 Å². The molecule has 0 radical (unpaired) electrons. The first-order valence-corrected chi connectivity index (χ1v) is 10.2. The zero-order chi connectivity index (χ0) is 17.2. The number of hydrogen-bond donors (Lipinski definition) is 0. The predicted molar refractivity (Wildman–Crippen MR) is 106 cm³/mol. The van der Waals surface area contributed by atoms with E-state index in [4.69, 9.17) is 0 Å². The van der Waals surface area contributed by atoms with Crippen LogP contribution in [0, 0.1) is 0 Å². The van der Waals surface area contributed by atoms with Crippen LogP contribution in [0.3, 0.4) is 0 Å². The summed E-state index contributed by atoms with van der Waals surface area (Å²) in [6.07, 6.45) is 0. The maximum absolute atomic E-state index is 12.8. The van der Waals surface area contributed by atoms with Gasteiger partial charge in [0, 0.05) is 15.4 Å². The molecule has 0 aliphatic rings. The molecule has 0 saturated heterocycles. The maximum Gasteiger partial charge on any atom is 0.0595 e. The molecule has 0 N–H and O–H groups in total. The lowest BCUT2D eigenvalue weighted by Crippen LogP contribution is -2.22. The highest BCUT2D eigenvalue weighted by Crippen LogP contribution is 2.33. The third kappa shape index (κ3) is 3.73. The molecule has 0 amide bonds. The van der Waals surface area contributed by atoms with Crippen LogP contribution >= 0.6 is 11.8 Å². The molecule has 3 rings (SSSR count). The number of rotatable bonds is 4. The molecule has 0 saturated carbocycles. The Hall–Kier alpha value is -1.58. The third-order valence-electron chi connectivity index (χ3n) is 3.87. The minimum Gasteiger partial charge on any atom is -0.254 e. The molecule has 3 aromatic carbocycles. The number of hydrogen-bond acceptors (Lipinski definition) is 2. The van der Waals surface area contributed by atoms with Crippen LogP contribution in [0.25, 0.3) is 10.8 Å². The van der Waals surface area contributed by atoms with Gasteiger partial charge < -0.3 is 0 Å². The Bertz CT molecular complexity index is 873. The molecule has 0 spiro atoms. The van der Waals surface area contributed by atoms with Gasteiger partial charge in [-0.15, -0.1) is 11.8 Å². The molecular weight excluding hydrogens is 332 g/mol. The molecule has 0 fully saturated rings. The lowest BCUT2D eigenvalue weighted by atomic mass is 10.1. The molecule has 0 bridgehead atoms. The summed E-state index contributed by atoms with van der Waals surface area (Å²) in [5, 5.41) is 2.56. The molecule has 124 valence electrons. The van der Waals surface area contributed by atoms with Crippen LogP contribution in [0.2, 0.25) is 0 Å². The highest BCUT2D eigenvalue weighted by molar-refractivity contribution is 7.99. The van der Waals surface area contributed by atoms with E-state index in [9.17, 15) is 4.21 Å². The summed E-state index contributed by atoms with van der Waals surface area (Å²) in [5.74, 6) is 0.875. The highest BCUT2D eigenvalue weighted by atomic mass is 32.2. The van der Waals surface area contributed by atoms with Crippen LogP contribution in [0.5, 0.6) is 0 Å². The minimum atomic E-state index is -1.02. The molecule has 0 aromatic heterocycles. The Labute approximate surface area is 150 Å². The van der Waals surface area contributed by atoms with E-state index in [-0.39, 0.29) is 4.75 Å². The van der Waals surface area contributed by atoms with Gasteiger partial charge in [0.2, 0.25) is 0 Å².